The summed E-state index contributed by atoms with van der Waals surface area (Å²) >= 11 is 0. The number of anilines is 1. The number of carbonyl (C=O) groups excluding carboxylic acids is 2. The SMILES string of the molecule is Cc1ccc(S(=O)(=O)NCc2ccco2)cc1C(=O)OC(C)C(=O)Nc1ccc2ccccc2c1. The topological polar surface area (TPSA) is 115 Å². The molecule has 0 fully saturated rings. The van der Waals surface area contributed by atoms with Gasteiger partial charge in [0.2, 0.25) is 10.0 Å². The maximum atomic E-state index is 12.8. The molecule has 1 atom stereocenters. The number of sulfonamides is 1. The van der Waals surface area contributed by atoms with Crippen LogP contribution in [0.1, 0.15) is 28.6 Å². The quantitative estimate of drug-likeness (QED) is 0.352. The number of furan rings is 1. The summed E-state index contributed by atoms with van der Waals surface area (Å²) in [6.45, 7) is 3.08. The molecule has 0 saturated heterocycles. The van der Waals surface area contributed by atoms with E-state index in [0.29, 0.717) is 17.0 Å². The van der Waals surface area contributed by atoms with Crippen LogP contribution >= 0.6 is 0 Å². The molecule has 2 N–H and O–H groups in total. The Labute approximate surface area is 203 Å². The molecule has 1 aromatic heterocycles. The standard InChI is InChI=1S/C26H24N2O6S/c1-17-9-12-23(35(31,32)27-16-22-8-5-13-33-22)15-24(17)26(30)34-18(2)25(29)28-21-11-10-19-6-3-4-7-20(19)14-21/h3-15,18,27H,16H2,1-2H3,(H,28,29). The van der Waals surface area contributed by atoms with Crippen molar-refractivity contribution in [2.24, 2.45) is 0 Å². The van der Waals surface area contributed by atoms with Gasteiger partial charge in [0.15, 0.2) is 6.10 Å². The van der Waals surface area contributed by atoms with Crippen molar-refractivity contribution in [3.05, 3.63) is 95.9 Å². The molecule has 1 amide bonds. The molecule has 0 aliphatic rings. The van der Waals surface area contributed by atoms with E-state index >= 15 is 0 Å². The molecule has 4 rings (SSSR count). The number of fused-ring (bicyclic) bond motifs is 1. The molecule has 35 heavy (non-hydrogen) atoms. The van der Waals surface area contributed by atoms with Gasteiger partial charge in [0.25, 0.3) is 5.91 Å². The van der Waals surface area contributed by atoms with Gasteiger partial charge in [-0.15, -0.1) is 0 Å². The number of carbonyl (C=O) groups is 2. The van der Waals surface area contributed by atoms with Crippen molar-refractivity contribution in [3.63, 3.8) is 0 Å². The van der Waals surface area contributed by atoms with Crippen LogP contribution in [0.4, 0.5) is 5.69 Å². The highest BCUT2D eigenvalue weighted by Crippen LogP contribution is 2.20. The molecule has 8 nitrogen and oxygen atoms in total. The average molecular weight is 493 g/mol. The summed E-state index contributed by atoms with van der Waals surface area (Å²) in [6, 6.07) is 20.7. The third kappa shape index (κ3) is 5.76. The highest BCUT2D eigenvalue weighted by molar-refractivity contribution is 7.89. The van der Waals surface area contributed by atoms with Crippen molar-refractivity contribution in [1.29, 1.82) is 0 Å². The third-order valence-electron chi connectivity index (χ3n) is 5.43. The van der Waals surface area contributed by atoms with Crippen molar-refractivity contribution in [2.75, 3.05) is 5.32 Å². The Kier molecular flexibility index (Phi) is 6.99. The number of hydrogen-bond donors (Lipinski definition) is 2. The Morgan fingerprint density at radius 2 is 1.74 bits per heavy atom. The highest BCUT2D eigenvalue weighted by atomic mass is 32.2. The summed E-state index contributed by atoms with van der Waals surface area (Å²) in [5, 5.41) is 4.74. The summed E-state index contributed by atoms with van der Waals surface area (Å²) in [4.78, 5) is 25.3. The molecule has 0 saturated carbocycles. The normalized spacial score (nSPS) is 12.3. The maximum absolute atomic E-state index is 12.8. The largest absolute Gasteiger partial charge is 0.468 e. The van der Waals surface area contributed by atoms with E-state index in [2.05, 4.69) is 10.0 Å². The molecule has 180 valence electrons. The molecule has 0 aliphatic heterocycles. The summed E-state index contributed by atoms with van der Waals surface area (Å²) in [5.41, 5.74) is 1.14. The van der Waals surface area contributed by atoms with Gasteiger partial charge >= 0.3 is 5.97 Å². The van der Waals surface area contributed by atoms with Crippen LogP contribution in [-0.4, -0.2) is 26.4 Å². The number of nitrogens with one attached hydrogen (secondary N) is 2. The number of ether oxygens (including phenoxy) is 1. The zero-order valence-corrected chi connectivity index (χ0v) is 20.0. The van der Waals surface area contributed by atoms with Crippen LogP contribution in [0.25, 0.3) is 10.8 Å². The lowest BCUT2D eigenvalue weighted by Gasteiger charge is -2.15. The lowest BCUT2D eigenvalue weighted by Crippen LogP contribution is -2.30. The zero-order chi connectivity index (χ0) is 25.0. The van der Waals surface area contributed by atoms with Crippen LogP contribution in [0.5, 0.6) is 0 Å². The first-order valence-electron chi connectivity index (χ1n) is 10.9. The smallest absolute Gasteiger partial charge is 0.339 e. The second-order valence-corrected chi connectivity index (χ2v) is 9.75. The lowest BCUT2D eigenvalue weighted by atomic mass is 10.1. The predicted octanol–water partition coefficient (Wildman–Crippen LogP) is 4.40. The number of aryl methyl sites for hydroxylation is 1. The lowest BCUT2D eigenvalue weighted by molar-refractivity contribution is -0.123. The van der Waals surface area contributed by atoms with Gasteiger partial charge in [-0.1, -0.05) is 36.4 Å². The van der Waals surface area contributed by atoms with Gasteiger partial charge in [0.05, 0.1) is 23.3 Å². The van der Waals surface area contributed by atoms with Gasteiger partial charge in [0, 0.05) is 5.69 Å². The molecule has 9 heteroatoms. The Bertz CT molecular complexity index is 1480. The predicted molar refractivity (Wildman–Crippen MR) is 131 cm³/mol. The van der Waals surface area contributed by atoms with Crippen molar-refractivity contribution in [3.8, 4) is 0 Å². The fraction of sp³-hybridized carbons (Fsp3) is 0.154. The number of amides is 1. The van der Waals surface area contributed by atoms with Crippen LogP contribution in [0, 0.1) is 6.92 Å². The fourth-order valence-electron chi connectivity index (χ4n) is 3.44. The van der Waals surface area contributed by atoms with Crippen LogP contribution < -0.4 is 10.0 Å². The summed E-state index contributed by atoms with van der Waals surface area (Å²) in [5.74, 6) is -0.853. The first-order valence-corrected chi connectivity index (χ1v) is 12.3. The van der Waals surface area contributed by atoms with Crippen molar-refractivity contribution < 1.29 is 27.2 Å². The second kappa shape index (κ2) is 10.1. The number of esters is 1. The molecule has 0 spiro atoms. The van der Waals surface area contributed by atoms with Crippen LogP contribution in [-0.2, 0) is 26.1 Å². The molecular weight excluding hydrogens is 468 g/mol. The minimum absolute atomic E-state index is 0.0328. The number of benzene rings is 3. The summed E-state index contributed by atoms with van der Waals surface area (Å²) in [7, 11) is -3.91. The van der Waals surface area contributed by atoms with Crippen LogP contribution in [0.3, 0.4) is 0 Å². The zero-order valence-electron chi connectivity index (χ0n) is 19.1. The highest BCUT2D eigenvalue weighted by Gasteiger charge is 2.23. The van der Waals surface area contributed by atoms with E-state index in [1.807, 2.05) is 36.4 Å². The van der Waals surface area contributed by atoms with E-state index in [9.17, 15) is 18.0 Å². The maximum Gasteiger partial charge on any atom is 0.339 e. The van der Waals surface area contributed by atoms with Gasteiger partial charge in [-0.05, 0) is 66.6 Å². The summed E-state index contributed by atoms with van der Waals surface area (Å²) < 4.78 is 38.2. The van der Waals surface area contributed by atoms with Gasteiger partial charge in [-0.3, -0.25) is 4.79 Å². The van der Waals surface area contributed by atoms with Crippen molar-refractivity contribution >= 4 is 38.4 Å². The molecule has 4 aromatic rings. The Morgan fingerprint density at radius 3 is 2.49 bits per heavy atom. The Morgan fingerprint density at radius 1 is 0.971 bits per heavy atom. The molecular formula is C26H24N2O6S. The fourth-order valence-corrected chi connectivity index (χ4v) is 4.46. The Hall–Kier alpha value is -3.95. The molecule has 1 unspecified atom stereocenters. The van der Waals surface area contributed by atoms with Crippen LogP contribution in [0.2, 0.25) is 0 Å². The van der Waals surface area contributed by atoms with Crippen molar-refractivity contribution in [2.45, 2.75) is 31.4 Å². The van der Waals surface area contributed by atoms with Crippen molar-refractivity contribution in [1.82, 2.24) is 4.72 Å². The molecule has 0 aliphatic carbocycles. The van der Waals surface area contributed by atoms with E-state index in [0.717, 1.165) is 10.8 Å². The van der Waals surface area contributed by atoms with Gasteiger partial charge in [0.1, 0.15) is 5.76 Å². The van der Waals surface area contributed by atoms with Gasteiger partial charge in [-0.25, -0.2) is 17.9 Å². The average Bonchev–Trinajstić information content (AvgIpc) is 3.36. The van der Waals surface area contributed by atoms with Gasteiger partial charge in [-0.2, -0.15) is 0 Å². The monoisotopic (exact) mass is 492 g/mol. The number of rotatable bonds is 8. The van der Waals surface area contributed by atoms with E-state index in [1.165, 1.54) is 31.4 Å². The molecule has 0 bridgehead atoms. The second-order valence-electron chi connectivity index (χ2n) is 7.98. The van der Waals surface area contributed by atoms with E-state index in [-0.39, 0.29) is 17.0 Å². The Balaban J connectivity index is 1.43. The van der Waals surface area contributed by atoms with Crippen LogP contribution in [0.15, 0.2) is 88.4 Å². The minimum Gasteiger partial charge on any atom is -0.468 e. The first kappa shape index (κ1) is 24.2. The van der Waals surface area contributed by atoms with E-state index in [4.69, 9.17) is 9.15 Å². The molecule has 3 aromatic carbocycles. The van der Waals surface area contributed by atoms with Gasteiger partial charge < -0.3 is 14.5 Å². The van der Waals surface area contributed by atoms with E-state index in [1.54, 1.807) is 25.1 Å². The summed E-state index contributed by atoms with van der Waals surface area (Å²) in [6.07, 6.45) is 0.340. The number of hydrogen-bond acceptors (Lipinski definition) is 6. The first-order chi connectivity index (χ1) is 16.7. The molecule has 1 heterocycles. The van der Waals surface area contributed by atoms with E-state index < -0.39 is 28.0 Å². The minimum atomic E-state index is -3.91. The molecule has 0 radical (unpaired) electrons. The third-order valence-corrected chi connectivity index (χ3v) is 6.82.